The van der Waals surface area contributed by atoms with Gasteiger partial charge in [-0.25, -0.2) is 18.1 Å². The van der Waals surface area contributed by atoms with Crippen LogP contribution in [0.5, 0.6) is 0 Å². The maximum Gasteiger partial charge on any atom is 0.259 e. The first-order chi connectivity index (χ1) is 7.90. The number of sulfonamides is 1. The predicted octanol–water partition coefficient (Wildman–Crippen LogP) is 0.227. The van der Waals surface area contributed by atoms with Crippen LogP contribution in [-0.4, -0.2) is 30.6 Å². The summed E-state index contributed by atoms with van der Waals surface area (Å²) in [5, 5.41) is 0.0701. The largest absolute Gasteiger partial charge is 0.334 e. The van der Waals surface area contributed by atoms with E-state index in [1.807, 2.05) is 6.92 Å². The molecule has 0 aromatic carbocycles. The Kier molecular flexibility index (Phi) is 4.67. The fourth-order valence-corrected chi connectivity index (χ4v) is 2.85. The minimum Gasteiger partial charge on any atom is -0.334 e. The lowest BCUT2D eigenvalue weighted by Gasteiger charge is -2.11. The molecule has 3 N–H and O–H groups in total. The van der Waals surface area contributed by atoms with Gasteiger partial charge in [0.1, 0.15) is 5.82 Å². The topological polar surface area (TPSA) is 90.0 Å². The number of rotatable bonds is 6. The third-order valence-corrected chi connectivity index (χ3v) is 3.99. The van der Waals surface area contributed by atoms with Crippen LogP contribution in [0.2, 0.25) is 0 Å². The van der Waals surface area contributed by atoms with Gasteiger partial charge in [-0.2, -0.15) is 0 Å². The molecular weight excluding hydrogens is 240 g/mol. The molecule has 1 rings (SSSR count). The van der Waals surface area contributed by atoms with Crippen LogP contribution in [0, 0.1) is 6.92 Å². The summed E-state index contributed by atoms with van der Waals surface area (Å²) >= 11 is 0. The zero-order valence-corrected chi connectivity index (χ0v) is 11.3. The van der Waals surface area contributed by atoms with Crippen LogP contribution in [0.25, 0.3) is 0 Å². The molecule has 1 aromatic heterocycles. The Balaban J connectivity index is 2.89. The van der Waals surface area contributed by atoms with Crippen LogP contribution < -0.4 is 10.5 Å². The van der Waals surface area contributed by atoms with Crippen molar-refractivity contribution in [1.82, 2.24) is 14.3 Å². The number of aryl methyl sites for hydroxylation is 2. The third kappa shape index (κ3) is 3.52. The van der Waals surface area contributed by atoms with Crippen molar-refractivity contribution >= 4 is 10.0 Å². The van der Waals surface area contributed by atoms with Gasteiger partial charge >= 0.3 is 0 Å². The number of aromatic nitrogens is 2. The maximum atomic E-state index is 12.0. The summed E-state index contributed by atoms with van der Waals surface area (Å²) in [6.07, 6.45) is 2.15. The molecule has 1 aromatic rings. The molecule has 0 fully saturated rings. The van der Waals surface area contributed by atoms with Crippen LogP contribution in [0.3, 0.4) is 0 Å². The first-order valence-electron chi connectivity index (χ1n) is 5.67. The van der Waals surface area contributed by atoms with Crippen LogP contribution in [0.4, 0.5) is 0 Å². The maximum absolute atomic E-state index is 12.0. The van der Waals surface area contributed by atoms with Crippen molar-refractivity contribution in [3.63, 3.8) is 0 Å². The lowest BCUT2D eigenvalue weighted by molar-refractivity contribution is 0.547. The Labute approximate surface area is 102 Å². The molecule has 17 heavy (non-hydrogen) atoms. The number of hydrogen-bond donors (Lipinski definition) is 2. The van der Waals surface area contributed by atoms with E-state index in [0.29, 0.717) is 25.3 Å². The number of nitrogens with two attached hydrogens (primary N) is 1. The number of nitrogens with one attached hydrogen (secondary N) is 1. The summed E-state index contributed by atoms with van der Waals surface area (Å²) < 4.78 is 28.3. The molecule has 0 aliphatic heterocycles. The van der Waals surface area contributed by atoms with Crippen molar-refractivity contribution in [3.8, 4) is 0 Å². The lowest BCUT2D eigenvalue weighted by atomic mass is 10.3. The van der Waals surface area contributed by atoms with Crippen LogP contribution in [0.15, 0.2) is 11.2 Å². The van der Waals surface area contributed by atoms with Gasteiger partial charge in [0.25, 0.3) is 10.0 Å². The first kappa shape index (κ1) is 14.1. The molecular formula is C10H20N4O2S. The second-order valence-corrected chi connectivity index (χ2v) is 5.67. The van der Waals surface area contributed by atoms with Gasteiger partial charge in [-0.05, 0) is 33.7 Å². The highest BCUT2D eigenvalue weighted by atomic mass is 32.2. The zero-order chi connectivity index (χ0) is 13.1. The summed E-state index contributed by atoms with van der Waals surface area (Å²) in [6.45, 7) is 6.66. The van der Waals surface area contributed by atoms with Gasteiger partial charge in [0.05, 0.1) is 0 Å². The van der Waals surface area contributed by atoms with Gasteiger partial charge in [-0.15, -0.1) is 0 Å². The van der Waals surface area contributed by atoms with Gasteiger partial charge in [-0.1, -0.05) is 0 Å². The Bertz CT molecular complexity index is 467. The average molecular weight is 260 g/mol. The minimum absolute atomic E-state index is 0.0701. The lowest BCUT2D eigenvalue weighted by Crippen LogP contribution is -2.34. The third-order valence-electron chi connectivity index (χ3n) is 2.53. The predicted molar refractivity (Wildman–Crippen MR) is 66.1 cm³/mol. The molecule has 0 saturated heterocycles. The summed E-state index contributed by atoms with van der Waals surface area (Å²) in [4.78, 5) is 4.05. The summed E-state index contributed by atoms with van der Waals surface area (Å²) in [5.41, 5.74) is 5.38. The highest BCUT2D eigenvalue weighted by molar-refractivity contribution is 7.89. The molecule has 0 bridgehead atoms. The van der Waals surface area contributed by atoms with Gasteiger partial charge in [0.15, 0.2) is 5.03 Å². The Morgan fingerprint density at radius 2 is 2.24 bits per heavy atom. The van der Waals surface area contributed by atoms with E-state index in [1.54, 1.807) is 24.6 Å². The summed E-state index contributed by atoms with van der Waals surface area (Å²) in [7, 11) is -3.53. The SMILES string of the molecule is CCn1cc(S(=O)(=O)NC(C)CCN)nc1C. The minimum atomic E-state index is -3.53. The van der Waals surface area contributed by atoms with E-state index < -0.39 is 10.0 Å². The Morgan fingerprint density at radius 1 is 1.59 bits per heavy atom. The van der Waals surface area contributed by atoms with E-state index in [2.05, 4.69) is 9.71 Å². The molecule has 0 aliphatic carbocycles. The van der Waals surface area contributed by atoms with E-state index in [9.17, 15) is 8.42 Å². The van der Waals surface area contributed by atoms with Gasteiger partial charge in [0.2, 0.25) is 0 Å². The van der Waals surface area contributed by atoms with E-state index in [1.165, 1.54) is 0 Å². The molecule has 7 heteroatoms. The standard InChI is InChI=1S/C10H20N4O2S/c1-4-14-7-10(12-9(14)3)17(15,16)13-8(2)5-6-11/h7-8,13H,4-6,11H2,1-3H3. The molecule has 0 spiro atoms. The quantitative estimate of drug-likeness (QED) is 0.766. The molecule has 98 valence electrons. The average Bonchev–Trinajstić information content (AvgIpc) is 2.59. The van der Waals surface area contributed by atoms with E-state index in [-0.39, 0.29) is 11.1 Å². The molecule has 0 aliphatic rings. The Morgan fingerprint density at radius 3 is 2.71 bits per heavy atom. The zero-order valence-electron chi connectivity index (χ0n) is 10.5. The van der Waals surface area contributed by atoms with Gasteiger partial charge in [0, 0.05) is 18.8 Å². The van der Waals surface area contributed by atoms with Crippen LogP contribution in [-0.2, 0) is 16.6 Å². The first-order valence-corrected chi connectivity index (χ1v) is 7.15. The van der Waals surface area contributed by atoms with Crippen molar-refractivity contribution in [2.45, 2.75) is 44.8 Å². The smallest absolute Gasteiger partial charge is 0.259 e. The van der Waals surface area contributed by atoms with E-state index in [0.717, 1.165) is 0 Å². The highest BCUT2D eigenvalue weighted by Crippen LogP contribution is 2.09. The second-order valence-electron chi connectivity index (χ2n) is 4.01. The molecule has 1 heterocycles. The van der Waals surface area contributed by atoms with Crippen molar-refractivity contribution in [2.24, 2.45) is 5.73 Å². The molecule has 6 nitrogen and oxygen atoms in total. The number of imidazole rings is 1. The summed E-state index contributed by atoms with van der Waals surface area (Å²) in [6, 6.07) is -0.183. The molecule has 1 unspecified atom stereocenters. The number of nitrogens with zero attached hydrogens (tertiary/aromatic N) is 2. The fraction of sp³-hybridized carbons (Fsp3) is 0.700. The van der Waals surface area contributed by atoms with Crippen molar-refractivity contribution < 1.29 is 8.42 Å². The van der Waals surface area contributed by atoms with Gasteiger partial charge in [-0.3, -0.25) is 0 Å². The normalized spacial score (nSPS) is 13.9. The molecule has 0 amide bonds. The van der Waals surface area contributed by atoms with Gasteiger partial charge < -0.3 is 10.3 Å². The molecule has 0 saturated carbocycles. The molecule has 1 atom stereocenters. The van der Waals surface area contributed by atoms with E-state index in [4.69, 9.17) is 5.73 Å². The number of hydrogen-bond acceptors (Lipinski definition) is 4. The van der Waals surface area contributed by atoms with Crippen LogP contribution >= 0.6 is 0 Å². The van der Waals surface area contributed by atoms with Crippen molar-refractivity contribution in [2.75, 3.05) is 6.54 Å². The molecule has 0 radical (unpaired) electrons. The summed E-state index contributed by atoms with van der Waals surface area (Å²) in [5.74, 6) is 0.694. The highest BCUT2D eigenvalue weighted by Gasteiger charge is 2.20. The second kappa shape index (κ2) is 5.61. The van der Waals surface area contributed by atoms with E-state index >= 15 is 0 Å². The Hall–Kier alpha value is -0.920. The van der Waals surface area contributed by atoms with Crippen molar-refractivity contribution in [1.29, 1.82) is 0 Å². The monoisotopic (exact) mass is 260 g/mol. The fourth-order valence-electron chi connectivity index (χ4n) is 1.56. The van der Waals surface area contributed by atoms with Crippen molar-refractivity contribution in [3.05, 3.63) is 12.0 Å². The van der Waals surface area contributed by atoms with Crippen LogP contribution in [0.1, 0.15) is 26.1 Å².